The van der Waals surface area contributed by atoms with Crippen molar-refractivity contribution in [3.63, 3.8) is 0 Å². The number of hydrogen-bond donors (Lipinski definition) is 1. The molecule has 0 fully saturated rings. The zero-order chi connectivity index (χ0) is 17.2. The van der Waals surface area contributed by atoms with E-state index >= 15 is 0 Å². The molecule has 3 rings (SSSR count). The molecule has 1 atom stereocenters. The van der Waals surface area contributed by atoms with Gasteiger partial charge in [-0.05, 0) is 51.5 Å². The number of nitrogens with zero attached hydrogens (tertiary/aromatic N) is 2. The molecule has 5 heteroatoms. The minimum Gasteiger partial charge on any atom is -0.501 e. The molecule has 1 N–H and O–H groups in total. The van der Waals surface area contributed by atoms with Crippen LogP contribution in [-0.2, 0) is 21.6 Å². The third kappa shape index (κ3) is 3.26. The van der Waals surface area contributed by atoms with E-state index in [1.54, 1.807) is 7.11 Å². The highest BCUT2D eigenvalue weighted by molar-refractivity contribution is 5.80. The van der Waals surface area contributed by atoms with Crippen LogP contribution >= 0.6 is 0 Å². The van der Waals surface area contributed by atoms with Crippen LogP contribution in [0.5, 0.6) is 0 Å². The summed E-state index contributed by atoms with van der Waals surface area (Å²) in [6.45, 7) is 8.79. The monoisotopic (exact) mass is 329 g/mol. The predicted molar refractivity (Wildman–Crippen MR) is 97.1 cm³/mol. The summed E-state index contributed by atoms with van der Waals surface area (Å²) in [7, 11) is 1.74. The quantitative estimate of drug-likeness (QED) is 0.873. The van der Waals surface area contributed by atoms with Crippen LogP contribution < -0.4 is 5.32 Å². The first-order chi connectivity index (χ1) is 11.5. The first-order valence-corrected chi connectivity index (χ1v) is 8.63. The Labute approximate surface area is 143 Å². The summed E-state index contributed by atoms with van der Waals surface area (Å²) in [6, 6.07) is 6.39. The molecule has 1 aromatic carbocycles. The molecule has 1 unspecified atom stereocenters. The third-order valence-electron chi connectivity index (χ3n) is 4.65. The molecular formula is C19H27N3O2. The maximum Gasteiger partial charge on any atom is 0.141 e. The van der Waals surface area contributed by atoms with Gasteiger partial charge in [-0.3, -0.25) is 0 Å². The van der Waals surface area contributed by atoms with E-state index in [-0.39, 0.29) is 0 Å². The molecule has 0 bridgehead atoms. The summed E-state index contributed by atoms with van der Waals surface area (Å²) in [5.74, 6) is 1.42. The Morgan fingerprint density at radius 1 is 1.42 bits per heavy atom. The number of allylic oxidation sites excluding steroid dienone is 1. The van der Waals surface area contributed by atoms with Gasteiger partial charge >= 0.3 is 0 Å². The van der Waals surface area contributed by atoms with Gasteiger partial charge in [-0.25, -0.2) is 4.98 Å². The lowest BCUT2D eigenvalue weighted by atomic mass is 10.0. The number of methoxy groups -OCH3 is 1. The largest absolute Gasteiger partial charge is 0.501 e. The maximum absolute atomic E-state index is 5.72. The van der Waals surface area contributed by atoms with Crippen molar-refractivity contribution in [2.75, 3.05) is 25.6 Å². The number of imidazole rings is 1. The smallest absolute Gasteiger partial charge is 0.141 e. The van der Waals surface area contributed by atoms with Crippen molar-refractivity contribution < 1.29 is 9.47 Å². The summed E-state index contributed by atoms with van der Waals surface area (Å²) in [5.41, 5.74) is 2.82. The highest BCUT2D eigenvalue weighted by atomic mass is 16.5. The molecule has 0 spiro atoms. The highest BCUT2D eigenvalue weighted by Crippen LogP contribution is 2.30. The van der Waals surface area contributed by atoms with Crippen molar-refractivity contribution in [2.24, 2.45) is 5.92 Å². The summed E-state index contributed by atoms with van der Waals surface area (Å²) >= 11 is 0. The average molecular weight is 329 g/mol. The standard InChI is InChI=1S/C19H27N3O2/c1-5-20-15-6-7-17-16(12-15)21-18(19(2,3)23-4)22(17)13-14-8-10-24-11-9-14/h6-8,10,12,14,20H,5,9,11,13H2,1-4H3. The van der Waals surface area contributed by atoms with Crippen molar-refractivity contribution in [1.29, 1.82) is 0 Å². The molecule has 1 aromatic heterocycles. The number of benzene rings is 1. The Bertz CT molecular complexity index is 734. The number of fused-ring (bicyclic) bond motifs is 1. The molecule has 2 aromatic rings. The fraction of sp³-hybridized carbons (Fsp3) is 0.526. The van der Waals surface area contributed by atoms with Gasteiger partial charge in [0.2, 0.25) is 0 Å². The molecule has 2 heterocycles. The normalized spacial score (nSPS) is 17.9. The predicted octanol–water partition coefficient (Wildman–Crippen LogP) is 3.90. The Balaban J connectivity index is 2.06. The van der Waals surface area contributed by atoms with E-state index in [1.807, 2.05) is 6.26 Å². The Hall–Kier alpha value is -2.01. The highest BCUT2D eigenvalue weighted by Gasteiger charge is 2.28. The van der Waals surface area contributed by atoms with Crippen molar-refractivity contribution >= 4 is 16.7 Å². The SMILES string of the molecule is CCNc1ccc2c(c1)nc(C(C)(C)OC)n2CC1C=COCC1. The Kier molecular flexibility index (Phi) is 4.81. The summed E-state index contributed by atoms with van der Waals surface area (Å²) in [4.78, 5) is 4.91. The molecule has 1 aliphatic rings. The van der Waals surface area contributed by atoms with Crippen LogP contribution in [0.4, 0.5) is 5.69 Å². The molecule has 1 aliphatic heterocycles. The Morgan fingerprint density at radius 2 is 2.25 bits per heavy atom. The van der Waals surface area contributed by atoms with Gasteiger partial charge in [0.1, 0.15) is 11.4 Å². The summed E-state index contributed by atoms with van der Waals surface area (Å²) in [5, 5.41) is 3.35. The lowest BCUT2D eigenvalue weighted by Gasteiger charge is -2.26. The first-order valence-electron chi connectivity index (χ1n) is 8.63. The lowest BCUT2D eigenvalue weighted by molar-refractivity contribution is 0.00840. The number of aromatic nitrogens is 2. The Morgan fingerprint density at radius 3 is 2.92 bits per heavy atom. The molecule has 24 heavy (non-hydrogen) atoms. The fourth-order valence-corrected chi connectivity index (χ4v) is 3.12. The van der Waals surface area contributed by atoms with E-state index in [0.717, 1.165) is 48.7 Å². The van der Waals surface area contributed by atoms with E-state index in [9.17, 15) is 0 Å². The number of nitrogens with one attached hydrogen (secondary N) is 1. The summed E-state index contributed by atoms with van der Waals surface area (Å²) < 4.78 is 13.3. The van der Waals surface area contributed by atoms with Gasteiger partial charge in [0.15, 0.2) is 0 Å². The van der Waals surface area contributed by atoms with Crippen LogP contribution in [0.1, 0.15) is 33.0 Å². The molecule has 130 valence electrons. The van der Waals surface area contributed by atoms with Gasteiger partial charge in [0.05, 0.1) is 23.9 Å². The van der Waals surface area contributed by atoms with Crippen molar-refractivity contribution in [1.82, 2.24) is 9.55 Å². The fourth-order valence-electron chi connectivity index (χ4n) is 3.12. The molecule has 0 saturated heterocycles. The second-order valence-electron chi connectivity index (χ2n) is 6.74. The molecule has 0 aliphatic carbocycles. The average Bonchev–Trinajstić information content (AvgIpc) is 2.95. The molecule has 0 saturated carbocycles. The van der Waals surface area contributed by atoms with E-state index < -0.39 is 5.60 Å². The van der Waals surface area contributed by atoms with E-state index in [4.69, 9.17) is 14.5 Å². The van der Waals surface area contributed by atoms with E-state index in [0.29, 0.717) is 5.92 Å². The second-order valence-corrected chi connectivity index (χ2v) is 6.74. The third-order valence-corrected chi connectivity index (χ3v) is 4.65. The van der Waals surface area contributed by atoms with Crippen LogP contribution in [0.2, 0.25) is 0 Å². The van der Waals surface area contributed by atoms with Gasteiger partial charge in [0.25, 0.3) is 0 Å². The van der Waals surface area contributed by atoms with Crippen molar-refractivity contribution in [3.05, 3.63) is 36.4 Å². The number of ether oxygens (including phenoxy) is 2. The number of anilines is 1. The van der Waals surface area contributed by atoms with Gasteiger partial charge in [0, 0.05) is 31.8 Å². The number of hydrogen-bond acceptors (Lipinski definition) is 4. The minimum atomic E-state index is -0.438. The van der Waals surface area contributed by atoms with Crippen LogP contribution in [-0.4, -0.2) is 29.8 Å². The molecule has 5 nitrogen and oxygen atoms in total. The molecule has 0 amide bonds. The summed E-state index contributed by atoms with van der Waals surface area (Å²) in [6.07, 6.45) is 4.99. The maximum atomic E-state index is 5.72. The zero-order valence-corrected chi connectivity index (χ0v) is 15.0. The van der Waals surface area contributed by atoms with Gasteiger partial charge in [-0.1, -0.05) is 0 Å². The zero-order valence-electron chi connectivity index (χ0n) is 15.0. The molecular weight excluding hydrogens is 302 g/mol. The minimum absolute atomic E-state index is 0.438. The second kappa shape index (κ2) is 6.85. The number of rotatable bonds is 6. The van der Waals surface area contributed by atoms with Crippen LogP contribution in [0, 0.1) is 5.92 Å². The lowest BCUT2D eigenvalue weighted by Crippen LogP contribution is -2.27. The van der Waals surface area contributed by atoms with Crippen LogP contribution in [0.25, 0.3) is 11.0 Å². The van der Waals surface area contributed by atoms with E-state index in [1.165, 1.54) is 0 Å². The van der Waals surface area contributed by atoms with E-state index in [2.05, 4.69) is 54.9 Å². The van der Waals surface area contributed by atoms with Gasteiger partial charge < -0.3 is 19.4 Å². The van der Waals surface area contributed by atoms with Gasteiger partial charge in [-0.15, -0.1) is 0 Å². The van der Waals surface area contributed by atoms with Crippen molar-refractivity contribution in [2.45, 2.75) is 39.3 Å². The van der Waals surface area contributed by atoms with Crippen molar-refractivity contribution in [3.8, 4) is 0 Å². The molecule has 0 radical (unpaired) electrons. The first kappa shape index (κ1) is 16.8. The van der Waals surface area contributed by atoms with Gasteiger partial charge in [-0.2, -0.15) is 0 Å². The topological polar surface area (TPSA) is 48.3 Å². The van der Waals surface area contributed by atoms with Crippen LogP contribution in [0.15, 0.2) is 30.5 Å². The van der Waals surface area contributed by atoms with Crippen LogP contribution in [0.3, 0.4) is 0 Å².